The molecular formula is C22H20ClF3N4O3. The van der Waals surface area contributed by atoms with Crippen LogP contribution in [0.1, 0.15) is 19.4 Å². The van der Waals surface area contributed by atoms with Crippen LogP contribution in [0.5, 0.6) is 6.01 Å². The summed E-state index contributed by atoms with van der Waals surface area (Å²) in [5, 5.41) is 12.5. The molecule has 0 spiro atoms. The van der Waals surface area contributed by atoms with E-state index in [-0.39, 0.29) is 29.8 Å². The molecule has 1 atom stereocenters. The first-order chi connectivity index (χ1) is 15.5. The predicted molar refractivity (Wildman–Crippen MR) is 115 cm³/mol. The molecule has 2 aromatic carbocycles. The lowest BCUT2D eigenvalue weighted by Crippen LogP contribution is -2.56. The van der Waals surface area contributed by atoms with E-state index in [0.29, 0.717) is 23.6 Å². The molecule has 0 bridgehead atoms. The summed E-state index contributed by atoms with van der Waals surface area (Å²) in [6, 6.07) is 12.9. The van der Waals surface area contributed by atoms with Crippen LogP contribution < -0.4 is 5.32 Å². The topological polar surface area (TPSA) is 97.2 Å². The Labute approximate surface area is 192 Å². The van der Waals surface area contributed by atoms with Crippen LogP contribution in [0, 0.1) is 0 Å². The Morgan fingerprint density at radius 2 is 1.76 bits per heavy atom. The lowest BCUT2D eigenvalue weighted by molar-refractivity contribution is -0.260. The molecule has 0 aliphatic heterocycles. The molecule has 3 rings (SSSR count). The molecule has 11 heteroatoms. The number of nitrogens with zero attached hydrogens (tertiary/aromatic N) is 3. The Balaban J connectivity index is 1.88. The van der Waals surface area contributed by atoms with E-state index in [0.717, 1.165) is 0 Å². The van der Waals surface area contributed by atoms with E-state index in [1.807, 2.05) is 6.07 Å². The van der Waals surface area contributed by atoms with Crippen molar-refractivity contribution in [2.45, 2.75) is 32.2 Å². The van der Waals surface area contributed by atoms with E-state index < -0.39 is 23.7 Å². The highest BCUT2D eigenvalue weighted by molar-refractivity contribution is 6.33. The zero-order valence-electron chi connectivity index (χ0n) is 17.7. The van der Waals surface area contributed by atoms with Gasteiger partial charge in [0, 0.05) is 24.3 Å². The fraction of sp³-hybridized carbons (Fsp3) is 0.273. The number of hydrogen-bond acceptors (Lipinski definition) is 6. The summed E-state index contributed by atoms with van der Waals surface area (Å²) in [6.45, 7) is 1.53. The second-order valence-corrected chi connectivity index (χ2v) is 7.52. The average Bonchev–Trinajstić information content (AvgIpc) is 2.77. The molecule has 0 saturated carbocycles. The number of nitrogens with one attached hydrogen (secondary N) is 1. The molecule has 3 aromatic rings. The summed E-state index contributed by atoms with van der Waals surface area (Å²) in [5.41, 5.74) is -1.60. The molecule has 0 radical (unpaired) electrons. The minimum atomic E-state index is -4.89. The number of ether oxygens (including phenoxy) is 1. The Morgan fingerprint density at radius 1 is 1.09 bits per heavy atom. The molecule has 1 aromatic heterocycles. The number of amides is 1. The summed E-state index contributed by atoms with van der Waals surface area (Å²) in [4.78, 5) is 24.5. The van der Waals surface area contributed by atoms with Crippen LogP contribution in [0.25, 0.3) is 22.8 Å². The predicted octanol–water partition coefficient (Wildman–Crippen LogP) is 4.54. The molecule has 1 heterocycles. The molecule has 0 fully saturated rings. The normalized spacial score (nSPS) is 13.4. The molecule has 0 aliphatic rings. The van der Waals surface area contributed by atoms with E-state index >= 15 is 0 Å². The first-order valence-corrected chi connectivity index (χ1v) is 10.2. The van der Waals surface area contributed by atoms with Gasteiger partial charge in [0.25, 0.3) is 5.91 Å². The second-order valence-electron chi connectivity index (χ2n) is 7.11. The highest BCUT2D eigenvalue weighted by atomic mass is 35.5. The average molecular weight is 481 g/mol. The largest absolute Gasteiger partial charge is 0.479 e. The fourth-order valence-electron chi connectivity index (χ4n) is 2.97. The highest BCUT2D eigenvalue weighted by Crippen LogP contribution is 2.34. The number of halogens is 4. The van der Waals surface area contributed by atoms with Gasteiger partial charge in [-0.1, -0.05) is 48.0 Å². The van der Waals surface area contributed by atoms with Crippen LogP contribution in [-0.4, -0.2) is 44.3 Å². The Hall–Kier alpha value is -3.24. The summed E-state index contributed by atoms with van der Waals surface area (Å²) in [7, 11) is 0. The van der Waals surface area contributed by atoms with E-state index in [9.17, 15) is 23.1 Å². The van der Waals surface area contributed by atoms with Gasteiger partial charge in [0.2, 0.25) is 5.60 Å². The van der Waals surface area contributed by atoms with E-state index in [1.54, 1.807) is 24.3 Å². The molecule has 2 N–H and O–H groups in total. The van der Waals surface area contributed by atoms with Crippen molar-refractivity contribution in [3.8, 4) is 28.8 Å². The monoisotopic (exact) mass is 480 g/mol. The maximum Gasteiger partial charge on any atom is 0.426 e. The van der Waals surface area contributed by atoms with Gasteiger partial charge < -0.3 is 15.2 Å². The number of benzene rings is 2. The van der Waals surface area contributed by atoms with Crippen molar-refractivity contribution < 1.29 is 27.8 Å². The van der Waals surface area contributed by atoms with Crippen LogP contribution in [0.15, 0.2) is 48.5 Å². The van der Waals surface area contributed by atoms with Crippen LogP contribution in [0.2, 0.25) is 5.02 Å². The first-order valence-electron chi connectivity index (χ1n) is 9.83. The number of alkyl halides is 3. The second kappa shape index (κ2) is 9.72. The maximum atomic E-state index is 13.4. The number of aromatic nitrogens is 3. The van der Waals surface area contributed by atoms with Crippen molar-refractivity contribution >= 4 is 17.5 Å². The first kappa shape index (κ1) is 24.4. The van der Waals surface area contributed by atoms with E-state index in [1.165, 1.54) is 25.1 Å². The molecule has 174 valence electrons. The molecule has 1 amide bonds. The SMILES string of the molecule is CCO[C@](C)(C(=O)NCc1ccc(Cl)c(-c2nc(O)nc(-c3ccccc3)n2)c1)C(F)(F)F. The molecule has 7 nitrogen and oxygen atoms in total. The standard InChI is InChI=1S/C22H20ClF3N4O3/c1-3-33-21(2,22(24,25)26)19(31)27-12-13-9-10-16(23)15(11-13)18-28-17(29-20(32)30-18)14-7-5-4-6-8-14/h4-11H,3,12H2,1-2H3,(H,27,31)(H,28,29,30,32)/t21-/m1/s1. The quantitative estimate of drug-likeness (QED) is 0.515. The van der Waals surface area contributed by atoms with E-state index in [2.05, 4.69) is 20.3 Å². The van der Waals surface area contributed by atoms with Crippen molar-refractivity contribution in [1.29, 1.82) is 0 Å². The molecule has 0 aliphatic carbocycles. The lowest BCUT2D eigenvalue weighted by atomic mass is 10.0. The smallest absolute Gasteiger partial charge is 0.426 e. The maximum absolute atomic E-state index is 13.4. The number of carbonyl (C=O) groups excluding carboxylic acids is 1. The zero-order chi connectivity index (χ0) is 24.2. The van der Waals surface area contributed by atoms with Crippen molar-refractivity contribution in [3.05, 3.63) is 59.1 Å². The van der Waals surface area contributed by atoms with Gasteiger partial charge in [-0.15, -0.1) is 0 Å². The van der Waals surface area contributed by atoms with E-state index in [4.69, 9.17) is 16.3 Å². The van der Waals surface area contributed by atoms with Gasteiger partial charge in [0.1, 0.15) is 0 Å². The lowest BCUT2D eigenvalue weighted by Gasteiger charge is -2.30. The number of hydrogen-bond donors (Lipinski definition) is 2. The zero-order valence-corrected chi connectivity index (χ0v) is 18.4. The summed E-state index contributed by atoms with van der Waals surface area (Å²) < 4.78 is 44.8. The van der Waals surface area contributed by atoms with Gasteiger partial charge in [-0.05, 0) is 31.5 Å². The minimum Gasteiger partial charge on any atom is -0.479 e. The van der Waals surface area contributed by atoms with Gasteiger partial charge in [-0.2, -0.15) is 23.1 Å². The Kier molecular flexibility index (Phi) is 7.19. The van der Waals surface area contributed by atoms with Crippen LogP contribution in [0.3, 0.4) is 0 Å². The van der Waals surface area contributed by atoms with Crippen molar-refractivity contribution in [2.24, 2.45) is 0 Å². The van der Waals surface area contributed by atoms with Crippen molar-refractivity contribution in [3.63, 3.8) is 0 Å². The highest BCUT2D eigenvalue weighted by Gasteiger charge is 2.58. The Bertz CT molecular complexity index is 1150. The van der Waals surface area contributed by atoms with Gasteiger partial charge in [0.05, 0.1) is 5.02 Å². The molecular weight excluding hydrogens is 461 g/mol. The van der Waals surface area contributed by atoms with Gasteiger partial charge >= 0.3 is 12.2 Å². The van der Waals surface area contributed by atoms with Crippen molar-refractivity contribution in [1.82, 2.24) is 20.3 Å². The van der Waals surface area contributed by atoms with Gasteiger partial charge in [0.15, 0.2) is 11.6 Å². The summed E-state index contributed by atoms with van der Waals surface area (Å²) >= 11 is 6.28. The summed E-state index contributed by atoms with van der Waals surface area (Å²) in [5.74, 6) is -1.04. The van der Waals surface area contributed by atoms with Crippen LogP contribution >= 0.6 is 11.6 Å². The Morgan fingerprint density at radius 3 is 2.39 bits per heavy atom. The third-order valence-electron chi connectivity index (χ3n) is 4.79. The third kappa shape index (κ3) is 5.40. The number of rotatable bonds is 7. The van der Waals surface area contributed by atoms with Crippen LogP contribution in [-0.2, 0) is 16.1 Å². The van der Waals surface area contributed by atoms with Gasteiger partial charge in [-0.3, -0.25) is 4.79 Å². The van der Waals surface area contributed by atoms with Gasteiger partial charge in [-0.25, -0.2) is 4.98 Å². The number of carbonyl (C=O) groups is 1. The number of aromatic hydroxyl groups is 1. The fourth-order valence-corrected chi connectivity index (χ4v) is 3.17. The van der Waals surface area contributed by atoms with Crippen LogP contribution in [0.4, 0.5) is 13.2 Å². The molecule has 33 heavy (non-hydrogen) atoms. The summed E-state index contributed by atoms with van der Waals surface area (Å²) in [6.07, 6.45) is -4.89. The third-order valence-corrected chi connectivity index (χ3v) is 5.12. The molecule has 0 saturated heterocycles. The van der Waals surface area contributed by atoms with Crippen molar-refractivity contribution in [2.75, 3.05) is 6.61 Å². The minimum absolute atomic E-state index is 0.0639. The molecule has 0 unspecified atom stereocenters.